The summed E-state index contributed by atoms with van der Waals surface area (Å²) in [7, 11) is -2.98. The number of benzene rings is 1. The molecule has 1 heterocycles. The van der Waals surface area contributed by atoms with Crippen LogP contribution in [0.2, 0.25) is 0 Å². The smallest absolute Gasteiger partial charge is 0.152 e. The lowest BCUT2D eigenvalue weighted by Gasteiger charge is -2.23. The topological polar surface area (TPSA) is 63.4 Å². The molecule has 0 bridgehead atoms. The number of nitrogens with two attached hydrogens (primary N) is 1. The van der Waals surface area contributed by atoms with Gasteiger partial charge >= 0.3 is 0 Å². The van der Waals surface area contributed by atoms with E-state index in [4.69, 9.17) is 5.73 Å². The van der Waals surface area contributed by atoms with Crippen molar-refractivity contribution in [3.05, 3.63) is 29.6 Å². The lowest BCUT2D eigenvalue weighted by atomic mass is 10.0. The van der Waals surface area contributed by atoms with Gasteiger partial charge in [-0.3, -0.25) is 0 Å². The molecular formula is C15H23FN2O2S. The van der Waals surface area contributed by atoms with Gasteiger partial charge in [-0.15, -0.1) is 0 Å². The van der Waals surface area contributed by atoms with Gasteiger partial charge in [0.05, 0.1) is 17.2 Å². The van der Waals surface area contributed by atoms with Crippen molar-refractivity contribution in [1.82, 2.24) is 0 Å². The lowest BCUT2D eigenvalue weighted by Crippen LogP contribution is -2.27. The van der Waals surface area contributed by atoms with E-state index in [0.29, 0.717) is 31.6 Å². The van der Waals surface area contributed by atoms with Crippen LogP contribution in [0.15, 0.2) is 18.2 Å². The predicted molar refractivity (Wildman–Crippen MR) is 83.9 cm³/mol. The van der Waals surface area contributed by atoms with Gasteiger partial charge in [0, 0.05) is 19.1 Å². The van der Waals surface area contributed by atoms with Crippen LogP contribution in [0.25, 0.3) is 0 Å². The van der Waals surface area contributed by atoms with Gasteiger partial charge in [0.15, 0.2) is 9.84 Å². The first-order valence-corrected chi connectivity index (χ1v) is 9.23. The molecule has 2 rings (SSSR count). The van der Waals surface area contributed by atoms with Crippen molar-refractivity contribution in [2.75, 3.05) is 29.5 Å². The monoisotopic (exact) mass is 314 g/mol. The third-order valence-electron chi connectivity index (χ3n) is 3.93. The molecule has 1 saturated heterocycles. The maximum Gasteiger partial charge on any atom is 0.152 e. The summed E-state index contributed by atoms with van der Waals surface area (Å²) in [5.74, 6) is -0.0150. The van der Waals surface area contributed by atoms with E-state index in [1.54, 1.807) is 6.07 Å². The molecule has 0 spiro atoms. The van der Waals surface area contributed by atoms with E-state index >= 15 is 0 Å². The number of rotatable bonds is 4. The van der Waals surface area contributed by atoms with E-state index in [9.17, 15) is 12.8 Å². The normalized spacial score (nSPS) is 20.0. The molecule has 0 radical (unpaired) electrons. The van der Waals surface area contributed by atoms with E-state index in [-0.39, 0.29) is 23.4 Å². The fraction of sp³-hybridized carbons (Fsp3) is 0.600. The van der Waals surface area contributed by atoms with Crippen molar-refractivity contribution in [2.45, 2.75) is 32.2 Å². The van der Waals surface area contributed by atoms with Crippen molar-refractivity contribution in [2.24, 2.45) is 5.73 Å². The zero-order valence-electron chi connectivity index (χ0n) is 12.4. The Balaban J connectivity index is 2.13. The molecule has 1 atom stereocenters. The van der Waals surface area contributed by atoms with Gasteiger partial charge in [-0.25, -0.2) is 12.8 Å². The van der Waals surface area contributed by atoms with Gasteiger partial charge < -0.3 is 10.6 Å². The van der Waals surface area contributed by atoms with Crippen molar-refractivity contribution >= 4 is 15.5 Å². The molecule has 118 valence electrons. The van der Waals surface area contributed by atoms with Crippen LogP contribution < -0.4 is 10.6 Å². The Kier molecular flexibility index (Phi) is 5.22. The molecule has 4 nitrogen and oxygen atoms in total. The van der Waals surface area contributed by atoms with Gasteiger partial charge in [0.2, 0.25) is 0 Å². The second-order valence-electron chi connectivity index (χ2n) is 5.65. The molecule has 0 amide bonds. The Bertz CT molecular complexity index is 589. The van der Waals surface area contributed by atoms with Crippen molar-refractivity contribution in [3.63, 3.8) is 0 Å². The van der Waals surface area contributed by atoms with Gasteiger partial charge in [0.1, 0.15) is 5.82 Å². The number of nitrogens with zero attached hydrogens (tertiary/aromatic N) is 1. The molecule has 2 N–H and O–H groups in total. The fourth-order valence-electron chi connectivity index (χ4n) is 2.56. The van der Waals surface area contributed by atoms with E-state index < -0.39 is 9.84 Å². The van der Waals surface area contributed by atoms with Gasteiger partial charge in [-0.2, -0.15) is 0 Å². The molecule has 1 aliphatic heterocycles. The molecule has 1 aliphatic rings. The van der Waals surface area contributed by atoms with E-state index in [0.717, 1.165) is 12.0 Å². The number of hydrogen-bond donors (Lipinski definition) is 1. The standard InChI is InChI=1S/C15H23FN2O2S/c1-2-13(17)10-12-4-5-15(14(16)11-12)18-6-3-8-21(19,20)9-7-18/h4-5,11,13H,2-3,6-10,17H2,1H3. The molecule has 1 aromatic carbocycles. The Morgan fingerprint density at radius 1 is 1.33 bits per heavy atom. The summed E-state index contributed by atoms with van der Waals surface area (Å²) in [6, 6.07) is 5.18. The highest BCUT2D eigenvalue weighted by atomic mass is 32.2. The van der Waals surface area contributed by atoms with Crippen molar-refractivity contribution < 1.29 is 12.8 Å². The van der Waals surface area contributed by atoms with Crippen LogP contribution in [0.4, 0.5) is 10.1 Å². The number of hydrogen-bond acceptors (Lipinski definition) is 4. The third kappa shape index (κ3) is 4.41. The van der Waals surface area contributed by atoms with Crippen LogP contribution >= 0.6 is 0 Å². The first-order chi connectivity index (χ1) is 9.91. The first kappa shape index (κ1) is 16.2. The molecule has 1 fully saturated rings. The average Bonchev–Trinajstić information content (AvgIpc) is 2.60. The molecule has 0 saturated carbocycles. The number of halogens is 1. The Hall–Kier alpha value is -1.14. The molecule has 0 aliphatic carbocycles. The Labute approximate surface area is 126 Å². The van der Waals surface area contributed by atoms with Crippen LogP contribution in [0.3, 0.4) is 0 Å². The number of anilines is 1. The minimum Gasteiger partial charge on any atom is -0.368 e. The second-order valence-corrected chi connectivity index (χ2v) is 7.95. The molecule has 21 heavy (non-hydrogen) atoms. The minimum absolute atomic E-state index is 0.0404. The van der Waals surface area contributed by atoms with Crippen molar-refractivity contribution in [3.8, 4) is 0 Å². The maximum atomic E-state index is 14.3. The molecule has 1 aromatic rings. The molecule has 0 aromatic heterocycles. The molecular weight excluding hydrogens is 291 g/mol. The summed E-state index contributed by atoms with van der Waals surface area (Å²) in [6.45, 7) is 2.93. The van der Waals surface area contributed by atoms with Crippen LogP contribution in [-0.2, 0) is 16.3 Å². The second kappa shape index (κ2) is 6.75. The largest absolute Gasteiger partial charge is 0.368 e. The highest BCUT2D eigenvalue weighted by Crippen LogP contribution is 2.23. The van der Waals surface area contributed by atoms with E-state index in [2.05, 4.69) is 0 Å². The van der Waals surface area contributed by atoms with E-state index in [1.165, 1.54) is 6.07 Å². The van der Waals surface area contributed by atoms with Gasteiger partial charge in [-0.05, 0) is 37.0 Å². The quantitative estimate of drug-likeness (QED) is 0.919. The van der Waals surface area contributed by atoms with Gasteiger partial charge in [0.25, 0.3) is 0 Å². The Morgan fingerprint density at radius 2 is 2.10 bits per heavy atom. The summed E-state index contributed by atoms with van der Waals surface area (Å²) in [5.41, 5.74) is 7.26. The lowest BCUT2D eigenvalue weighted by molar-refractivity contribution is 0.596. The molecule has 1 unspecified atom stereocenters. The molecule has 6 heteroatoms. The SMILES string of the molecule is CCC(N)Cc1ccc(N2CCCS(=O)(=O)CC2)c(F)c1. The summed E-state index contributed by atoms with van der Waals surface area (Å²) < 4.78 is 37.5. The van der Waals surface area contributed by atoms with Crippen molar-refractivity contribution in [1.29, 1.82) is 0 Å². The first-order valence-electron chi connectivity index (χ1n) is 7.40. The van der Waals surface area contributed by atoms with Crippen LogP contribution in [0.5, 0.6) is 0 Å². The van der Waals surface area contributed by atoms with Crippen LogP contribution in [-0.4, -0.2) is 39.1 Å². The summed E-state index contributed by atoms with van der Waals surface area (Å²) in [4.78, 5) is 1.82. The fourth-order valence-corrected chi connectivity index (χ4v) is 3.83. The summed E-state index contributed by atoms with van der Waals surface area (Å²) >= 11 is 0. The number of sulfone groups is 1. The van der Waals surface area contributed by atoms with Gasteiger partial charge in [-0.1, -0.05) is 13.0 Å². The minimum atomic E-state index is -2.98. The Morgan fingerprint density at radius 3 is 2.76 bits per heavy atom. The predicted octanol–water partition coefficient (Wildman–Crippen LogP) is 1.73. The third-order valence-corrected chi connectivity index (χ3v) is 5.65. The summed E-state index contributed by atoms with van der Waals surface area (Å²) in [6.07, 6.45) is 2.06. The van der Waals surface area contributed by atoms with E-state index in [1.807, 2.05) is 17.9 Å². The summed E-state index contributed by atoms with van der Waals surface area (Å²) in [5, 5.41) is 0. The zero-order valence-corrected chi connectivity index (χ0v) is 13.2. The highest BCUT2D eigenvalue weighted by molar-refractivity contribution is 7.91. The van der Waals surface area contributed by atoms with Crippen LogP contribution in [0.1, 0.15) is 25.3 Å². The average molecular weight is 314 g/mol. The van der Waals surface area contributed by atoms with Crippen LogP contribution in [0, 0.1) is 5.82 Å². The zero-order chi connectivity index (χ0) is 15.5. The maximum absolute atomic E-state index is 14.3. The highest BCUT2D eigenvalue weighted by Gasteiger charge is 2.21.